The number of hydrazine groups is 1. The van der Waals surface area contributed by atoms with Gasteiger partial charge in [-0.3, -0.25) is 15.6 Å². The summed E-state index contributed by atoms with van der Waals surface area (Å²) in [6, 6.07) is 2.05. The zero-order valence-corrected chi connectivity index (χ0v) is 17.3. The van der Waals surface area contributed by atoms with E-state index in [4.69, 9.17) is 17.4 Å². The minimum Gasteiger partial charge on any atom is -0.342 e. The maximum absolute atomic E-state index is 13.5. The number of amides is 1. The molecule has 0 unspecified atom stereocenters. The fourth-order valence-electron chi connectivity index (χ4n) is 3.31. The van der Waals surface area contributed by atoms with E-state index in [0.717, 1.165) is 18.5 Å². The van der Waals surface area contributed by atoms with Crippen molar-refractivity contribution in [3.8, 4) is 0 Å². The molecule has 166 valence electrons. The van der Waals surface area contributed by atoms with Crippen LogP contribution in [-0.2, 0) is 6.18 Å². The van der Waals surface area contributed by atoms with Crippen LogP contribution in [0.25, 0.3) is 0 Å². The van der Waals surface area contributed by atoms with Crippen molar-refractivity contribution in [1.29, 1.82) is 0 Å². The van der Waals surface area contributed by atoms with Gasteiger partial charge >= 0.3 is 6.18 Å². The van der Waals surface area contributed by atoms with Crippen LogP contribution in [0.1, 0.15) is 35.0 Å². The fraction of sp³-hybridized carbons (Fsp3) is 0.316. The standard InChI is InChI=1S/C19H19ClF4N6O/c1-9-7-14(27-8-12(9)21)28-13-4-6-30(10(2)16(13)29-25)18(31)11-3-5-26-17(15(11)20)19(22,23)24/h3,5,7-8,10,29H,4,6,25H2,1-2H3,(H,27,28)/t10-/m1/s1. The molecule has 0 aromatic carbocycles. The van der Waals surface area contributed by atoms with Crippen LogP contribution in [0.2, 0.25) is 5.02 Å². The largest absolute Gasteiger partial charge is 0.434 e. The highest BCUT2D eigenvalue weighted by atomic mass is 35.5. The SMILES string of the molecule is Cc1cc(NC2=C(NN)[C@@H](C)N(C(=O)c3ccnc(C(F)(F)F)c3Cl)CC2)ncc1F. The van der Waals surface area contributed by atoms with Crippen LogP contribution >= 0.6 is 11.6 Å². The van der Waals surface area contributed by atoms with E-state index in [0.29, 0.717) is 29.2 Å². The summed E-state index contributed by atoms with van der Waals surface area (Å²) < 4.78 is 52.7. The van der Waals surface area contributed by atoms with Gasteiger partial charge in [-0.2, -0.15) is 13.2 Å². The Bertz CT molecular complexity index is 1040. The Kier molecular flexibility index (Phi) is 6.37. The molecule has 0 radical (unpaired) electrons. The van der Waals surface area contributed by atoms with Gasteiger partial charge in [-0.15, -0.1) is 0 Å². The molecule has 2 aromatic heterocycles. The highest BCUT2D eigenvalue weighted by Gasteiger charge is 2.38. The second-order valence-corrected chi connectivity index (χ2v) is 7.30. The zero-order valence-electron chi connectivity index (χ0n) is 16.5. The van der Waals surface area contributed by atoms with E-state index >= 15 is 0 Å². The number of nitrogens with zero attached hydrogens (tertiary/aromatic N) is 3. The lowest BCUT2D eigenvalue weighted by atomic mass is 10.0. The summed E-state index contributed by atoms with van der Waals surface area (Å²) >= 11 is 5.86. The van der Waals surface area contributed by atoms with Crippen molar-refractivity contribution in [1.82, 2.24) is 20.3 Å². The smallest absolute Gasteiger partial charge is 0.342 e. The molecule has 12 heteroatoms. The molecule has 1 aliphatic heterocycles. The number of carbonyl (C=O) groups excluding carboxylic acids is 1. The summed E-state index contributed by atoms with van der Waals surface area (Å²) in [4.78, 5) is 21.6. The van der Waals surface area contributed by atoms with Gasteiger partial charge in [-0.25, -0.2) is 9.37 Å². The third kappa shape index (κ3) is 4.57. The van der Waals surface area contributed by atoms with Crippen molar-refractivity contribution in [2.75, 3.05) is 11.9 Å². The van der Waals surface area contributed by atoms with E-state index in [-0.39, 0.29) is 12.1 Å². The van der Waals surface area contributed by atoms with Gasteiger partial charge in [0, 0.05) is 24.9 Å². The number of carbonyl (C=O) groups is 1. The quantitative estimate of drug-likeness (QED) is 0.368. The van der Waals surface area contributed by atoms with Crippen LogP contribution < -0.4 is 16.6 Å². The summed E-state index contributed by atoms with van der Waals surface area (Å²) in [5.41, 5.74) is 2.36. The summed E-state index contributed by atoms with van der Waals surface area (Å²) in [5.74, 6) is 4.91. The molecule has 0 spiro atoms. The van der Waals surface area contributed by atoms with Gasteiger partial charge in [0.25, 0.3) is 5.91 Å². The number of aryl methyl sites for hydroxylation is 1. The Morgan fingerprint density at radius 1 is 1.35 bits per heavy atom. The second kappa shape index (κ2) is 8.67. The van der Waals surface area contributed by atoms with Gasteiger partial charge in [-0.05, 0) is 31.5 Å². The van der Waals surface area contributed by atoms with Crippen molar-refractivity contribution >= 4 is 23.3 Å². The van der Waals surface area contributed by atoms with Gasteiger partial charge in [0.1, 0.15) is 11.6 Å². The molecule has 1 atom stereocenters. The van der Waals surface area contributed by atoms with E-state index in [9.17, 15) is 22.4 Å². The van der Waals surface area contributed by atoms with E-state index in [2.05, 4.69) is 20.7 Å². The molecule has 1 aliphatic rings. The third-order valence-electron chi connectivity index (χ3n) is 4.94. The van der Waals surface area contributed by atoms with Crippen LogP contribution in [0.5, 0.6) is 0 Å². The van der Waals surface area contributed by atoms with E-state index in [1.807, 2.05) is 0 Å². The Balaban J connectivity index is 1.89. The predicted octanol–water partition coefficient (Wildman–Crippen LogP) is 3.62. The number of rotatable bonds is 4. The van der Waals surface area contributed by atoms with Gasteiger partial charge in [0.15, 0.2) is 5.69 Å². The summed E-state index contributed by atoms with van der Waals surface area (Å²) in [6.45, 7) is 3.43. The molecule has 1 amide bonds. The molecule has 0 saturated carbocycles. The number of halogens is 5. The van der Waals surface area contributed by atoms with Crippen LogP contribution in [0, 0.1) is 12.7 Å². The molecule has 0 saturated heterocycles. The van der Waals surface area contributed by atoms with Gasteiger partial charge < -0.3 is 15.6 Å². The monoisotopic (exact) mass is 458 g/mol. The first-order chi connectivity index (χ1) is 14.5. The molecular weight excluding hydrogens is 440 g/mol. The summed E-state index contributed by atoms with van der Waals surface area (Å²) in [6.07, 6.45) is -2.52. The number of nitrogens with two attached hydrogens (primary N) is 1. The number of hydrogen-bond acceptors (Lipinski definition) is 6. The first-order valence-electron chi connectivity index (χ1n) is 9.16. The number of nitrogens with one attached hydrogen (secondary N) is 2. The Hall–Kier alpha value is -2.92. The van der Waals surface area contributed by atoms with Crippen molar-refractivity contribution in [3.63, 3.8) is 0 Å². The van der Waals surface area contributed by atoms with E-state index in [1.165, 1.54) is 11.0 Å². The number of hydrogen-bond donors (Lipinski definition) is 3. The molecule has 2 aromatic rings. The fourth-order valence-corrected chi connectivity index (χ4v) is 3.61. The molecule has 3 rings (SSSR count). The van der Waals surface area contributed by atoms with Gasteiger partial charge in [0.05, 0.1) is 28.5 Å². The third-order valence-corrected chi connectivity index (χ3v) is 5.33. The lowest BCUT2D eigenvalue weighted by Crippen LogP contribution is -2.49. The number of pyridine rings is 2. The maximum atomic E-state index is 13.5. The normalized spacial score (nSPS) is 17.0. The molecule has 3 heterocycles. The molecule has 0 fully saturated rings. The number of alkyl halides is 3. The molecular formula is C19H19ClF4N6O. The summed E-state index contributed by atoms with van der Waals surface area (Å²) in [5, 5.41) is 2.30. The molecule has 0 aliphatic carbocycles. The maximum Gasteiger partial charge on any atom is 0.434 e. The minimum atomic E-state index is -4.79. The second-order valence-electron chi connectivity index (χ2n) is 6.92. The molecule has 0 bridgehead atoms. The van der Waals surface area contributed by atoms with Crippen molar-refractivity contribution < 1.29 is 22.4 Å². The van der Waals surface area contributed by atoms with Crippen LogP contribution in [0.3, 0.4) is 0 Å². The van der Waals surface area contributed by atoms with E-state index in [1.54, 1.807) is 13.8 Å². The number of anilines is 1. The Morgan fingerprint density at radius 2 is 2.06 bits per heavy atom. The highest BCUT2D eigenvalue weighted by molar-refractivity contribution is 6.34. The first kappa shape index (κ1) is 22.8. The predicted molar refractivity (Wildman–Crippen MR) is 106 cm³/mol. The van der Waals surface area contributed by atoms with Crippen LogP contribution in [-0.4, -0.2) is 33.4 Å². The average molecular weight is 459 g/mol. The van der Waals surface area contributed by atoms with E-state index < -0.39 is 34.7 Å². The topological polar surface area (TPSA) is 96.2 Å². The summed E-state index contributed by atoms with van der Waals surface area (Å²) in [7, 11) is 0. The minimum absolute atomic E-state index is 0.174. The van der Waals surface area contributed by atoms with Crippen molar-refractivity contribution in [3.05, 3.63) is 63.6 Å². The Labute approximate surface area is 180 Å². The van der Waals surface area contributed by atoms with Crippen molar-refractivity contribution in [2.45, 2.75) is 32.5 Å². The van der Waals surface area contributed by atoms with Crippen molar-refractivity contribution in [2.24, 2.45) is 5.84 Å². The lowest BCUT2D eigenvalue weighted by molar-refractivity contribution is -0.141. The highest BCUT2D eigenvalue weighted by Crippen LogP contribution is 2.35. The Morgan fingerprint density at radius 3 is 2.68 bits per heavy atom. The zero-order chi connectivity index (χ0) is 22.9. The van der Waals surface area contributed by atoms with Crippen LogP contribution in [0.15, 0.2) is 35.9 Å². The molecule has 31 heavy (non-hydrogen) atoms. The number of aromatic nitrogens is 2. The lowest BCUT2D eigenvalue weighted by Gasteiger charge is -2.37. The molecule has 4 N–H and O–H groups in total. The van der Waals surface area contributed by atoms with Gasteiger partial charge in [0.2, 0.25) is 0 Å². The first-order valence-corrected chi connectivity index (χ1v) is 9.53. The average Bonchev–Trinajstić information content (AvgIpc) is 2.70. The molecule has 7 nitrogen and oxygen atoms in total. The van der Waals surface area contributed by atoms with Crippen LogP contribution in [0.4, 0.5) is 23.4 Å². The van der Waals surface area contributed by atoms with Gasteiger partial charge in [-0.1, -0.05) is 11.6 Å².